The number of hydrogen-bond donors (Lipinski definition) is 1. The molecule has 0 amide bonds. The van der Waals surface area contributed by atoms with Gasteiger partial charge in [0.1, 0.15) is 0 Å². The summed E-state index contributed by atoms with van der Waals surface area (Å²) in [6, 6.07) is 8.29. The van der Waals surface area contributed by atoms with E-state index in [-0.39, 0.29) is 6.10 Å². The number of likely N-dealkylation sites (N-methyl/N-ethyl adjacent to an activating group) is 1. The van der Waals surface area contributed by atoms with Crippen LogP contribution in [0.3, 0.4) is 0 Å². The molecule has 1 N–H and O–H groups in total. The second-order valence-corrected chi connectivity index (χ2v) is 6.31. The van der Waals surface area contributed by atoms with Crippen LogP contribution in [-0.2, 0) is 11.3 Å². The van der Waals surface area contributed by atoms with Crippen molar-refractivity contribution in [2.45, 2.75) is 12.6 Å². The van der Waals surface area contributed by atoms with Crippen molar-refractivity contribution in [2.24, 2.45) is 0 Å². The fraction of sp³-hybridized carbons (Fsp3) is 0.600. The molecule has 1 aliphatic rings. The summed E-state index contributed by atoms with van der Waals surface area (Å²) in [4.78, 5) is 4.42. The molecule has 1 aromatic carbocycles. The van der Waals surface area contributed by atoms with E-state index >= 15 is 0 Å². The maximum Gasteiger partial charge on any atom is 0.0793 e. The van der Waals surface area contributed by atoms with Crippen LogP contribution in [-0.4, -0.2) is 67.5 Å². The van der Waals surface area contributed by atoms with Crippen LogP contribution in [0.15, 0.2) is 28.7 Å². The number of rotatable bonds is 6. The highest BCUT2D eigenvalue weighted by Gasteiger charge is 2.16. The maximum absolute atomic E-state index is 10.2. The summed E-state index contributed by atoms with van der Waals surface area (Å²) in [5.74, 6) is 0. The van der Waals surface area contributed by atoms with Crippen LogP contribution < -0.4 is 0 Å². The molecule has 0 bridgehead atoms. The smallest absolute Gasteiger partial charge is 0.0793 e. The van der Waals surface area contributed by atoms with Gasteiger partial charge in [0.05, 0.1) is 19.3 Å². The summed E-state index contributed by atoms with van der Waals surface area (Å²) in [6.07, 6.45) is -0.315. The van der Waals surface area contributed by atoms with Gasteiger partial charge in [-0.25, -0.2) is 0 Å². The molecule has 1 saturated heterocycles. The molecule has 1 fully saturated rings. The second-order valence-electron chi connectivity index (χ2n) is 5.39. The lowest BCUT2D eigenvalue weighted by molar-refractivity contribution is 0.00825. The van der Waals surface area contributed by atoms with Gasteiger partial charge in [-0.15, -0.1) is 0 Å². The molecule has 4 nitrogen and oxygen atoms in total. The normalized spacial score (nSPS) is 18.4. The molecule has 0 spiro atoms. The van der Waals surface area contributed by atoms with E-state index in [0.717, 1.165) is 43.9 Å². The minimum absolute atomic E-state index is 0.315. The van der Waals surface area contributed by atoms with Crippen molar-refractivity contribution in [1.82, 2.24) is 9.80 Å². The first kappa shape index (κ1) is 15.9. The topological polar surface area (TPSA) is 35.9 Å². The number of hydrogen-bond acceptors (Lipinski definition) is 4. The van der Waals surface area contributed by atoms with Gasteiger partial charge in [0.25, 0.3) is 0 Å². The number of β-amino-alcohol motifs (C(OH)–C–C–N with tert-alkyl or cyclic N) is 1. The highest BCUT2D eigenvalue weighted by molar-refractivity contribution is 9.10. The third-order valence-electron chi connectivity index (χ3n) is 3.44. The molecule has 1 heterocycles. The first-order valence-electron chi connectivity index (χ1n) is 7.04. The Morgan fingerprint density at radius 3 is 2.85 bits per heavy atom. The largest absolute Gasteiger partial charge is 0.390 e. The van der Waals surface area contributed by atoms with E-state index in [1.807, 2.05) is 19.2 Å². The van der Waals surface area contributed by atoms with Gasteiger partial charge < -0.3 is 9.84 Å². The van der Waals surface area contributed by atoms with E-state index < -0.39 is 0 Å². The Labute approximate surface area is 129 Å². The summed E-state index contributed by atoms with van der Waals surface area (Å²) in [5, 5.41) is 10.2. The minimum Gasteiger partial charge on any atom is -0.390 e. The van der Waals surface area contributed by atoms with Crippen molar-refractivity contribution in [1.29, 1.82) is 0 Å². The zero-order chi connectivity index (χ0) is 14.4. The molecule has 5 heteroatoms. The second kappa shape index (κ2) is 8.10. The highest BCUT2D eigenvalue weighted by Crippen LogP contribution is 2.13. The molecule has 2 rings (SSSR count). The van der Waals surface area contributed by atoms with Crippen molar-refractivity contribution in [3.63, 3.8) is 0 Å². The van der Waals surface area contributed by atoms with E-state index in [4.69, 9.17) is 4.74 Å². The number of aliphatic hydroxyl groups is 1. The van der Waals surface area contributed by atoms with Crippen LogP contribution >= 0.6 is 15.9 Å². The lowest BCUT2D eigenvalue weighted by Gasteiger charge is -2.30. The Morgan fingerprint density at radius 2 is 2.15 bits per heavy atom. The third-order valence-corrected chi connectivity index (χ3v) is 3.93. The summed E-state index contributed by atoms with van der Waals surface area (Å²) < 4.78 is 6.41. The molecular weight excluding hydrogens is 320 g/mol. The molecule has 112 valence electrons. The quantitative estimate of drug-likeness (QED) is 0.851. The minimum atomic E-state index is -0.315. The number of nitrogens with zero attached hydrogens (tertiary/aromatic N) is 2. The van der Waals surface area contributed by atoms with E-state index in [9.17, 15) is 5.11 Å². The monoisotopic (exact) mass is 342 g/mol. The number of halogens is 1. The van der Waals surface area contributed by atoms with Gasteiger partial charge in [-0.2, -0.15) is 0 Å². The average molecular weight is 343 g/mol. The van der Waals surface area contributed by atoms with E-state index in [2.05, 4.69) is 37.9 Å². The molecule has 0 radical (unpaired) electrons. The molecule has 1 atom stereocenters. The lowest BCUT2D eigenvalue weighted by atomic mass is 10.2. The lowest BCUT2D eigenvalue weighted by Crippen LogP contribution is -2.43. The van der Waals surface area contributed by atoms with Gasteiger partial charge in [0, 0.05) is 37.2 Å². The molecule has 0 aliphatic carbocycles. The fourth-order valence-electron chi connectivity index (χ4n) is 2.51. The first-order chi connectivity index (χ1) is 9.63. The zero-order valence-corrected chi connectivity index (χ0v) is 13.6. The third kappa shape index (κ3) is 5.50. The number of benzene rings is 1. The summed E-state index contributed by atoms with van der Waals surface area (Å²) >= 11 is 3.48. The molecule has 1 aromatic rings. The van der Waals surface area contributed by atoms with E-state index in [1.54, 1.807) is 0 Å². The maximum atomic E-state index is 10.2. The van der Waals surface area contributed by atoms with E-state index in [0.29, 0.717) is 6.54 Å². The number of ether oxygens (including phenoxy) is 1. The Hall–Kier alpha value is -0.460. The van der Waals surface area contributed by atoms with Crippen LogP contribution in [0, 0.1) is 0 Å². The zero-order valence-electron chi connectivity index (χ0n) is 12.0. The average Bonchev–Trinajstić information content (AvgIpc) is 2.39. The van der Waals surface area contributed by atoms with Crippen LogP contribution in [0.1, 0.15) is 5.56 Å². The summed E-state index contributed by atoms with van der Waals surface area (Å²) in [5.41, 5.74) is 1.25. The summed E-state index contributed by atoms with van der Waals surface area (Å²) in [6.45, 7) is 5.66. The highest BCUT2D eigenvalue weighted by atomic mass is 79.9. The first-order valence-corrected chi connectivity index (χ1v) is 7.84. The van der Waals surface area contributed by atoms with E-state index in [1.165, 1.54) is 5.56 Å². The van der Waals surface area contributed by atoms with Crippen LogP contribution in [0.4, 0.5) is 0 Å². The van der Waals surface area contributed by atoms with Gasteiger partial charge in [-0.05, 0) is 24.7 Å². The molecule has 1 unspecified atom stereocenters. The Balaban J connectivity index is 1.74. The Kier molecular flexibility index (Phi) is 6.45. The SMILES string of the molecule is CN(Cc1cccc(Br)c1)CC(O)CN1CCOCC1. The number of aliphatic hydroxyl groups excluding tert-OH is 1. The summed E-state index contributed by atoms with van der Waals surface area (Å²) in [7, 11) is 2.05. The predicted molar refractivity (Wildman–Crippen MR) is 83.7 cm³/mol. The number of morpholine rings is 1. The van der Waals surface area contributed by atoms with Crippen molar-refractivity contribution in [3.8, 4) is 0 Å². The van der Waals surface area contributed by atoms with Gasteiger partial charge in [-0.3, -0.25) is 9.80 Å². The Morgan fingerprint density at radius 1 is 1.40 bits per heavy atom. The van der Waals surface area contributed by atoms with Crippen molar-refractivity contribution >= 4 is 15.9 Å². The molecular formula is C15H23BrN2O2. The fourth-order valence-corrected chi connectivity index (χ4v) is 2.96. The van der Waals surface area contributed by atoms with Gasteiger partial charge in [-0.1, -0.05) is 28.1 Å². The van der Waals surface area contributed by atoms with Gasteiger partial charge in [0.2, 0.25) is 0 Å². The molecule has 0 aromatic heterocycles. The van der Waals surface area contributed by atoms with Crippen LogP contribution in [0.25, 0.3) is 0 Å². The van der Waals surface area contributed by atoms with Crippen LogP contribution in [0.5, 0.6) is 0 Å². The molecule has 0 saturated carbocycles. The van der Waals surface area contributed by atoms with Crippen molar-refractivity contribution < 1.29 is 9.84 Å². The molecule has 1 aliphatic heterocycles. The van der Waals surface area contributed by atoms with Gasteiger partial charge in [0.15, 0.2) is 0 Å². The van der Waals surface area contributed by atoms with Crippen molar-refractivity contribution in [3.05, 3.63) is 34.3 Å². The Bertz CT molecular complexity index is 411. The van der Waals surface area contributed by atoms with Crippen molar-refractivity contribution in [2.75, 3.05) is 46.4 Å². The molecule has 20 heavy (non-hydrogen) atoms. The van der Waals surface area contributed by atoms with Crippen LogP contribution in [0.2, 0.25) is 0 Å². The van der Waals surface area contributed by atoms with Gasteiger partial charge >= 0.3 is 0 Å². The standard InChI is InChI=1S/C15H23BrN2O2/c1-17(10-13-3-2-4-14(16)9-13)11-15(19)12-18-5-7-20-8-6-18/h2-4,9,15,19H,5-8,10-12H2,1H3. The predicted octanol–water partition coefficient (Wildman–Crippen LogP) is 1.57.